The molecule has 1 heterocycles. The van der Waals surface area contributed by atoms with E-state index in [1.165, 1.54) is 6.07 Å². The van der Waals surface area contributed by atoms with Crippen LogP contribution in [0.3, 0.4) is 0 Å². The van der Waals surface area contributed by atoms with Crippen LogP contribution in [-0.4, -0.2) is 32.7 Å². The summed E-state index contributed by atoms with van der Waals surface area (Å²) in [6.07, 6.45) is 5.61. The molecule has 2 aromatic rings. The number of hydrogen-bond acceptors (Lipinski definition) is 5. The topological polar surface area (TPSA) is 85.1 Å². The maximum Gasteiger partial charge on any atom is 0.277 e. The van der Waals surface area contributed by atoms with E-state index in [4.69, 9.17) is 0 Å². The minimum Gasteiger partial charge on any atom is -0.384 e. The number of nitrogens with one attached hydrogen (secondary N) is 1. The maximum atomic E-state index is 11.0. The number of nitro groups is 1. The third-order valence-corrected chi connectivity index (χ3v) is 3.78. The zero-order valence-corrected chi connectivity index (χ0v) is 11.9. The summed E-state index contributed by atoms with van der Waals surface area (Å²) in [6, 6.07) is 4.81. The Bertz CT molecular complexity index is 660. The summed E-state index contributed by atoms with van der Waals surface area (Å²) in [4.78, 5) is 14.6. The lowest BCUT2D eigenvalue weighted by Gasteiger charge is -2.09. The number of anilines is 1. The van der Waals surface area contributed by atoms with Crippen molar-refractivity contribution in [2.75, 3.05) is 23.9 Å². The summed E-state index contributed by atoms with van der Waals surface area (Å²) in [5, 5.41) is 15.5. The molecule has 1 aromatic heterocycles. The largest absolute Gasteiger partial charge is 0.384 e. The maximum absolute atomic E-state index is 11.0. The monoisotopic (exact) mass is 293 g/mol. The van der Waals surface area contributed by atoms with Gasteiger partial charge in [0.25, 0.3) is 5.69 Å². The second kappa shape index (κ2) is 6.42. The van der Waals surface area contributed by atoms with E-state index in [0.29, 0.717) is 17.7 Å². The van der Waals surface area contributed by atoms with Crippen LogP contribution in [0.15, 0.2) is 30.6 Å². The summed E-state index contributed by atoms with van der Waals surface area (Å²) >= 11 is 0. The Hall–Kier alpha value is -2.02. The Labute approximate surface area is 118 Å². The molecule has 1 unspecified atom stereocenters. The lowest BCUT2D eigenvalue weighted by molar-refractivity contribution is -0.383. The van der Waals surface area contributed by atoms with Gasteiger partial charge in [-0.05, 0) is 18.6 Å². The van der Waals surface area contributed by atoms with Crippen molar-refractivity contribution >= 4 is 32.9 Å². The lowest BCUT2D eigenvalue weighted by Crippen LogP contribution is -2.06. The summed E-state index contributed by atoms with van der Waals surface area (Å²) in [5.41, 5.74) is 0.878. The minimum atomic E-state index is -0.802. The van der Waals surface area contributed by atoms with Crippen molar-refractivity contribution in [2.45, 2.75) is 6.42 Å². The number of non-ortho nitro benzene ring substituents is 1. The third kappa shape index (κ3) is 3.30. The number of fused-ring (bicyclic) bond motifs is 1. The quantitative estimate of drug-likeness (QED) is 0.502. The number of benzene rings is 1. The van der Waals surface area contributed by atoms with E-state index in [2.05, 4.69) is 10.3 Å². The average molecular weight is 293 g/mol. The molecule has 20 heavy (non-hydrogen) atoms. The molecule has 1 aromatic carbocycles. The molecule has 0 saturated carbocycles. The predicted octanol–water partition coefficient (Wildman–Crippen LogP) is 2.32. The van der Waals surface area contributed by atoms with Gasteiger partial charge in [-0.1, -0.05) is 0 Å². The molecule has 0 bridgehead atoms. The zero-order valence-electron chi connectivity index (χ0n) is 11.0. The first-order valence-electron chi connectivity index (χ1n) is 6.14. The number of hydrogen-bond donors (Lipinski definition) is 1. The molecular weight excluding hydrogens is 278 g/mol. The SMILES string of the molecule is CS(=O)CCCNc1ccc([N+](=O)[O-])c2ccncc12. The molecule has 0 fully saturated rings. The summed E-state index contributed by atoms with van der Waals surface area (Å²) in [7, 11) is -0.802. The Kier molecular flexibility index (Phi) is 4.62. The number of aromatic nitrogens is 1. The van der Waals surface area contributed by atoms with Gasteiger partial charge in [0.2, 0.25) is 0 Å². The normalized spacial score (nSPS) is 12.2. The van der Waals surface area contributed by atoms with Gasteiger partial charge in [0, 0.05) is 58.9 Å². The van der Waals surface area contributed by atoms with E-state index in [1.54, 1.807) is 30.8 Å². The van der Waals surface area contributed by atoms with Gasteiger partial charge in [-0.25, -0.2) is 0 Å². The van der Waals surface area contributed by atoms with E-state index < -0.39 is 15.7 Å². The van der Waals surface area contributed by atoms with Crippen LogP contribution in [0.4, 0.5) is 11.4 Å². The minimum absolute atomic E-state index is 0.0719. The van der Waals surface area contributed by atoms with Crippen molar-refractivity contribution in [1.82, 2.24) is 4.98 Å². The molecule has 1 atom stereocenters. The Morgan fingerprint density at radius 3 is 2.85 bits per heavy atom. The molecule has 0 aliphatic heterocycles. The second-order valence-electron chi connectivity index (χ2n) is 4.37. The first-order chi connectivity index (χ1) is 9.59. The first kappa shape index (κ1) is 14.4. The van der Waals surface area contributed by atoms with Gasteiger partial charge in [-0.15, -0.1) is 0 Å². The average Bonchev–Trinajstić information content (AvgIpc) is 2.43. The molecule has 7 heteroatoms. The highest BCUT2D eigenvalue weighted by Gasteiger charge is 2.13. The van der Waals surface area contributed by atoms with Crippen molar-refractivity contribution in [3.05, 3.63) is 40.7 Å². The van der Waals surface area contributed by atoms with E-state index in [9.17, 15) is 14.3 Å². The van der Waals surface area contributed by atoms with Crippen molar-refractivity contribution in [2.24, 2.45) is 0 Å². The fourth-order valence-corrected chi connectivity index (χ4v) is 2.54. The second-order valence-corrected chi connectivity index (χ2v) is 5.92. The molecule has 0 aliphatic rings. The van der Waals surface area contributed by atoms with Crippen LogP contribution in [0.5, 0.6) is 0 Å². The van der Waals surface area contributed by atoms with E-state index >= 15 is 0 Å². The van der Waals surface area contributed by atoms with Gasteiger partial charge in [-0.3, -0.25) is 19.3 Å². The molecule has 1 N–H and O–H groups in total. The molecule has 6 nitrogen and oxygen atoms in total. The van der Waals surface area contributed by atoms with Gasteiger partial charge in [-0.2, -0.15) is 0 Å². The van der Waals surface area contributed by atoms with E-state index in [1.807, 2.05) is 0 Å². The van der Waals surface area contributed by atoms with Crippen molar-refractivity contribution in [1.29, 1.82) is 0 Å². The summed E-state index contributed by atoms with van der Waals surface area (Å²) in [6.45, 7) is 0.668. The standard InChI is InChI=1S/C13H15N3O3S/c1-20(19)8-2-6-15-12-3-4-13(16(17)18)10-5-7-14-9-11(10)12/h3-5,7,9,15H,2,6,8H2,1H3. The highest BCUT2D eigenvalue weighted by atomic mass is 32.2. The van der Waals surface area contributed by atoms with Crippen LogP contribution in [0.25, 0.3) is 10.8 Å². The Morgan fingerprint density at radius 1 is 1.35 bits per heavy atom. The van der Waals surface area contributed by atoms with Gasteiger partial charge in [0.1, 0.15) is 0 Å². The molecule has 0 aliphatic carbocycles. The number of pyridine rings is 1. The van der Waals surface area contributed by atoms with Crippen molar-refractivity contribution in [3.8, 4) is 0 Å². The number of nitrogens with zero attached hydrogens (tertiary/aromatic N) is 2. The first-order valence-corrected chi connectivity index (χ1v) is 7.87. The number of rotatable bonds is 6. The van der Waals surface area contributed by atoms with Crippen molar-refractivity contribution in [3.63, 3.8) is 0 Å². The summed E-state index contributed by atoms with van der Waals surface area (Å²) < 4.78 is 11.0. The van der Waals surface area contributed by atoms with E-state index in [-0.39, 0.29) is 5.69 Å². The molecule has 106 valence electrons. The molecule has 0 radical (unpaired) electrons. The fourth-order valence-electron chi connectivity index (χ4n) is 1.99. The van der Waals surface area contributed by atoms with Crippen LogP contribution in [-0.2, 0) is 10.8 Å². The molecule has 2 rings (SSSR count). The zero-order chi connectivity index (χ0) is 14.5. The molecule has 0 saturated heterocycles. The van der Waals surface area contributed by atoms with Gasteiger partial charge < -0.3 is 5.32 Å². The molecule has 0 amide bonds. The number of nitro benzene ring substituents is 1. The highest BCUT2D eigenvalue weighted by molar-refractivity contribution is 7.84. The third-order valence-electron chi connectivity index (χ3n) is 2.92. The van der Waals surface area contributed by atoms with Crippen LogP contribution in [0.1, 0.15) is 6.42 Å². The lowest BCUT2D eigenvalue weighted by atomic mass is 10.1. The van der Waals surface area contributed by atoms with Crippen LogP contribution in [0.2, 0.25) is 0 Å². The van der Waals surface area contributed by atoms with Gasteiger partial charge in [0.15, 0.2) is 0 Å². The van der Waals surface area contributed by atoms with Gasteiger partial charge in [0.05, 0.1) is 10.3 Å². The molecular formula is C13H15N3O3S. The summed E-state index contributed by atoms with van der Waals surface area (Å²) in [5.74, 6) is 0.635. The fraction of sp³-hybridized carbons (Fsp3) is 0.308. The van der Waals surface area contributed by atoms with Crippen molar-refractivity contribution < 1.29 is 9.13 Å². The Balaban J connectivity index is 2.24. The Morgan fingerprint density at radius 2 is 2.15 bits per heavy atom. The van der Waals surface area contributed by atoms with E-state index in [0.717, 1.165) is 17.5 Å². The van der Waals surface area contributed by atoms with Crippen LogP contribution in [0, 0.1) is 10.1 Å². The smallest absolute Gasteiger partial charge is 0.277 e. The van der Waals surface area contributed by atoms with Crippen LogP contribution >= 0.6 is 0 Å². The van der Waals surface area contributed by atoms with Gasteiger partial charge >= 0.3 is 0 Å². The molecule has 0 spiro atoms. The predicted molar refractivity (Wildman–Crippen MR) is 80.4 cm³/mol. The highest BCUT2D eigenvalue weighted by Crippen LogP contribution is 2.30. The van der Waals surface area contributed by atoms with Crippen LogP contribution < -0.4 is 5.32 Å².